The topological polar surface area (TPSA) is 65.2 Å². The highest BCUT2D eigenvalue weighted by Gasteiger charge is 2.13. The number of hydrogen-bond donors (Lipinski definition) is 1. The largest absolute Gasteiger partial charge is 0.453 e. The Morgan fingerprint density at radius 2 is 2.12 bits per heavy atom. The van der Waals surface area contributed by atoms with Crippen molar-refractivity contribution in [1.82, 2.24) is 5.16 Å². The number of benzene rings is 1. The first-order valence-electron chi connectivity index (χ1n) is 4.95. The van der Waals surface area contributed by atoms with Crippen LogP contribution in [0.15, 0.2) is 39.4 Å². The maximum atomic E-state index is 5.71. The number of anilines is 1. The standard InChI is InChI=1S/C12H10N2O2/c1-7-2-3-8-5-11(15-10(8)4-7)12-9(13)6-14-16-12/h2-6H,13H2,1H3. The second kappa shape index (κ2) is 3.13. The molecule has 0 bridgehead atoms. The van der Waals surface area contributed by atoms with Gasteiger partial charge in [-0.1, -0.05) is 17.3 Å². The molecule has 0 unspecified atom stereocenters. The fourth-order valence-electron chi connectivity index (χ4n) is 1.68. The molecule has 0 amide bonds. The lowest BCUT2D eigenvalue weighted by atomic mass is 10.2. The fraction of sp³-hybridized carbons (Fsp3) is 0.0833. The lowest BCUT2D eigenvalue weighted by Crippen LogP contribution is -1.82. The van der Waals surface area contributed by atoms with Crippen LogP contribution in [0.5, 0.6) is 0 Å². The van der Waals surface area contributed by atoms with E-state index in [0.717, 1.165) is 16.5 Å². The maximum absolute atomic E-state index is 5.71. The van der Waals surface area contributed by atoms with Gasteiger partial charge in [-0.3, -0.25) is 0 Å². The number of furan rings is 1. The fourth-order valence-corrected chi connectivity index (χ4v) is 1.68. The predicted molar refractivity (Wildman–Crippen MR) is 60.9 cm³/mol. The summed E-state index contributed by atoms with van der Waals surface area (Å²) in [5, 5.41) is 4.65. The molecule has 80 valence electrons. The second-order valence-corrected chi connectivity index (χ2v) is 3.76. The van der Waals surface area contributed by atoms with Gasteiger partial charge in [0.05, 0.1) is 6.20 Å². The first kappa shape index (κ1) is 9.03. The lowest BCUT2D eigenvalue weighted by Gasteiger charge is -1.90. The molecule has 0 fully saturated rings. The highest BCUT2D eigenvalue weighted by molar-refractivity contribution is 5.84. The minimum atomic E-state index is 0.480. The number of fused-ring (bicyclic) bond motifs is 1. The zero-order valence-corrected chi connectivity index (χ0v) is 8.73. The summed E-state index contributed by atoms with van der Waals surface area (Å²) in [6, 6.07) is 7.91. The number of aryl methyl sites for hydroxylation is 1. The van der Waals surface area contributed by atoms with Crippen molar-refractivity contribution in [3.8, 4) is 11.5 Å². The van der Waals surface area contributed by atoms with Crippen molar-refractivity contribution >= 4 is 16.7 Å². The number of rotatable bonds is 1. The average molecular weight is 214 g/mol. The second-order valence-electron chi connectivity index (χ2n) is 3.76. The summed E-state index contributed by atoms with van der Waals surface area (Å²) >= 11 is 0. The van der Waals surface area contributed by atoms with Crippen LogP contribution in [0.25, 0.3) is 22.5 Å². The summed E-state index contributed by atoms with van der Waals surface area (Å²) in [5.41, 5.74) is 8.17. The summed E-state index contributed by atoms with van der Waals surface area (Å²) in [6.07, 6.45) is 1.47. The van der Waals surface area contributed by atoms with Gasteiger partial charge in [-0.2, -0.15) is 0 Å². The van der Waals surface area contributed by atoms with Gasteiger partial charge in [0, 0.05) is 5.39 Å². The van der Waals surface area contributed by atoms with Crippen LogP contribution in [-0.4, -0.2) is 5.16 Å². The summed E-state index contributed by atoms with van der Waals surface area (Å²) < 4.78 is 10.7. The SMILES string of the molecule is Cc1ccc2cc(-c3oncc3N)oc2c1. The Balaban J connectivity index is 2.23. The van der Waals surface area contributed by atoms with Crippen LogP contribution in [-0.2, 0) is 0 Å². The molecule has 3 rings (SSSR count). The van der Waals surface area contributed by atoms with Gasteiger partial charge in [0.25, 0.3) is 0 Å². The van der Waals surface area contributed by atoms with Gasteiger partial charge >= 0.3 is 0 Å². The molecule has 0 aliphatic rings. The monoisotopic (exact) mass is 214 g/mol. The molecule has 4 nitrogen and oxygen atoms in total. The van der Waals surface area contributed by atoms with Crippen molar-refractivity contribution in [1.29, 1.82) is 0 Å². The highest BCUT2D eigenvalue weighted by Crippen LogP contribution is 2.31. The first-order valence-corrected chi connectivity index (χ1v) is 4.95. The lowest BCUT2D eigenvalue weighted by molar-refractivity contribution is 0.421. The molecule has 4 heteroatoms. The van der Waals surface area contributed by atoms with Crippen molar-refractivity contribution in [3.05, 3.63) is 36.0 Å². The molecular weight excluding hydrogens is 204 g/mol. The minimum absolute atomic E-state index is 0.480. The number of aromatic nitrogens is 1. The van der Waals surface area contributed by atoms with Crippen LogP contribution in [0.2, 0.25) is 0 Å². The molecular formula is C12H10N2O2. The Bertz CT molecular complexity index is 652. The van der Waals surface area contributed by atoms with Crippen LogP contribution in [0.3, 0.4) is 0 Å². The number of nitrogen functional groups attached to an aromatic ring is 1. The quantitative estimate of drug-likeness (QED) is 0.676. The van der Waals surface area contributed by atoms with E-state index < -0.39 is 0 Å². The van der Waals surface area contributed by atoms with Crippen molar-refractivity contribution in [3.63, 3.8) is 0 Å². The van der Waals surface area contributed by atoms with Crippen LogP contribution >= 0.6 is 0 Å². The zero-order valence-electron chi connectivity index (χ0n) is 8.73. The van der Waals surface area contributed by atoms with E-state index in [-0.39, 0.29) is 0 Å². The average Bonchev–Trinajstić information content (AvgIpc) is 2.82. The predicted octanol–water partition coefficient (Wildman–Crippen LogP) is 2.98. The molecule has 2 N–H and O–H groups in total. The van der Waals surface area contributed by atoms with Crippen molar-refractivity contribution < 1.29 is 8.94 Å². The van der Waals surface area contributed by atoms with E-state index >= 15 is 0 Å². The zero-order chi connectivity index (χ0) is 11.1. The van der Waals surface area contributed by atoms with E-state index in [2.05, 4.69) is 5.16 Å². The molecule has 3 aromatic rings. The molecule has 0 spiro atoms. The van der Waals surface area contributed by atoms with E-state index in [9.17, 15) is 0 Å². The molecule has 0 radical (unpaired) electrons. The van der Waals surface area contributed by atoms with Gasteiger partial charge in [0.2, 0.25) is 5.76 Å². The third kappa shape index (κ3) is 1.27. The van der Waals surface area contributed by atoms with Gasteiger partial charge < -0.3 is 14.7 Å². The summed E-state index contributed by atoms with van der Waals surface area (Å²) in [6.45, 7) is 2.02. The Morgan fingerprint density at radius 3 is 2.88 bits per heavy atom. The van der Waals surface area contributed by atoms with Crippen LogP contribution < -0.4 is 5.73 Å². The van der Waals surface area contributed by atoms with E-state index in [1.165, 1.54) is 6.20 Å². The summed E-state index contributed by atoms with van der Waals surface area (Å²) in [7, 11) is 0. The first-order chi connectivity index (χ1) is 7.74. The van der Waals surface area contributed by atoms with Gasteiger partial charge in [-0.05, 0) is 24.6 Å². The molecule has 0 saturated heterocycles. The van der Waals surface area contributed by atoms with E-state index in [4.69, 9.17) is 14.7 Å². The molecule has 0 aliphatic carbocycles. The molecule has 16 heavy (non-hydrogen) atoms. The highest BCUT2D eigenvalue weighted by atomic mass is 16.5. The van der Waals surface area contributed by atoms with Crippen LogP contribution in [0.4, 0.5) is 5.69 Å². The number of hydrogen-bond acceptors (Lipinski definition) is 4. The van der Waals surface area contributed by atoms with Crippen LogP contribution in [0, 0.1) is 6.92 Å². The maximum Gasteiger partial charge on any atom is 0.224 e. The Labute approximate surface area is 91.6 Å². The summed E-state index contributed by atoms with van der Waals surface area (Å²) in [5.74, 6) is 1.09. The smallest absolute Gasteiger partial charge is 0.224 e. The normalized spacial score (nSPS) is 11.1. The molecule has 2 heterocycles. The van der Waals surface area contributed by atoms with Crippen molar-refractivity contribution in [2.24, 2.45) is 0 Å². The van der Waals surface area contributed by atoms with Crippen molar-refractivity contribution in [2.75, 3.05) is 5.73 Å². The Hall–Kier alpha value is -2.23. The number of nitrogens with two attached hydrogens (primary N) is 1. The van der Waals surface area contributed by atoms with E-state index in [1.54, 1.807) is 0 Å². The van der Waals surface area contributed by atoms with Crippen LogP contribution in [0.1, 0.15) is 5.56 Å². The van der Waals surface area contributed by atoms with E-state index in [1.807, 2.05) is 31.2 Å². The van der Waals surface area contributed by atoms with Gasteiger partial charge in [-0.15, -0.1) is 0 Å². The third-order valence-electron chi connectivity index (χ3n) is 2.50. The molecule has 0 atom stereocenters. The van der Waals surface area contributed by atoms with Gasteiger partial charge in [0.1, 0.15) is 11.3 Å². The Morgan fingerprint density at radius 1 is 1.25 bits per heavy atom. The molecule has 0 saturated carbocycles. The molecule has 0 aliphatic heterocycles. The number of nitrogens with zero attached hydrogens (tertiary/aromatic N) is 1. The van der Waals surface area contributed by atoms with E-state index in [0.29, 0.717) is 17.2 Å². The van der Waals surface area contributed by atoms with Gasteiger partial charge in [-0.25, -0.2) is 0 Å². The summed E-state index contributed by atoms with van der Waals surface area (Å²) in [4.78, 5) is 0. The minimum Gasteiger partial charge on any atom is -0.453 e. The van der Waals surface area contributed by atoms with Gasteiger partial charge in [0.15, 0.2) is 5.76 Å². The third-order valence-corrected chi connectivity index (χ3v) is 2.50. The Kier molecular flexibility index (Phi) is 1.77. The molecule has 2 aromatic heterocycles. The van der Waals surface area contributed by atoms with Crippen molar-refractivity contribution in [2.45, 2.75) is 6.92 Å². The molecule has 1 aromatic carbocycles.